The van der Waals surface area contributed by atoms with Crippen LogP contribution in [0.25, 0.3) is 0 Å². The lowest BCUT2D eigenvalue weighted by Crippen LogP contribution is -2.39. The predicted molar refractivity (Wildman–Crippen MR) is 89.9 cm³/mol. The van der Waals surface area contributed by atoms with E-state index in [0.29, 0.717) is 18.7 Å². The number of nitrogens with zero attached hydrogens (tertiary/aromatic N) is 3. The number of aliphatic hydroxyl groups is 1. The number of carbonyl (C=O) groups is 1. The van der Waals surface area contributed by atoms with Gasteiger partial charge in [-0.2, -0.15) is 0 Å². The zero-order valence-electron chi connectivity index (χ0n) is 14.0. The summed E-state index contributed by atoms with van der Waals surface area (Å²) in [7, 11) is 0. The smallest absolute Gasteiger partial charge is 0.253 e. The van der Waals surface area contributed by atoms with Gasteiger partial charge in [-0.05, 0) is 31.4 Å². The Morgan fingerprint density at radius 2 is 2.36 bits per heavy atom. The fourth-order valence-electron chi connectivity index (χ4n) is 3.64. The van der Waals surface area contributed by atoms with Crippen LogP contribution in [-0.2, 0) is 19.4 Å². The van der Waals surface area contributed by atoms with Crippen LogP contribution in [0, 0.1) is 0 Å². The van der Waals surface area contributed by atoms with Crippen molar-refractivity contribution in [1.82, 2.24) is 20.4 Å². The van der Waals surface area contributed by atoms with Crippen LogP contribution in [-0.4, -0.2) is 51.3 Å². The van der Waals surface area contributed by atoms with Gasteiger partial charge < -0.3 is 14.9 Å². The molecule has 4 rings (SSSR count). The van der Waals surface area contributed by atoms with E-state index in [2.05, 4.69) is 20.4 Å². The molecular formula is C18H22N4O3. The second kappa shape index (κ2) is 6.93. The first-order chi connectivity index (χ1) is 12.2. The number of aromatic nitrogens is 2. The largest absolute Gasteiger partial charge is 0.392 e. The molecule has 1 aliphatic carbocycles. The average molecular weight is 342 g/mol. The maximum Gasteiger partial charge on any atom is 0.253 e. The number of hydrogen-bond donors (Lipinski definition) is 2. The molecule has 7 nitrogen and oxygen atoms in total. The summed E-state index contributed by atoms with van der Waals surface area (Å²) in [5.41, 5.74) is 2.62. The molecule has 2 aromatic heterocycles. The van der Waals surface area contributed by atoms with E-state index in [0.717, 1.165) is 49.2 Å². The fraction of sp³-hybridized carbons (Fsp3) is 0.500. The Kier molecular flexibility index (Phi) is 4.50. The van der Waals surface area contributed by atoms with Gasteiger partial charge in [-0.3, -0.25) is 14.7 Å². The van der Waals surface area contributed by atoms with Crippen molar-refractivity contribution in [3.63, 3.8) is 0 Å². The zero-order chi connectivity index (χ0) is 17.2. The molecule has 1 saturated heterocycles. The van der Waals surface area contributed by atoms with Gasteiger partial charge in [-0.1, -0.05) is 5.16 Å². The molecule has 2 N–H and O–H groups in total. The van der Waals surface area contributed by atoms with Crippen LogP contribution >= 0.6 is 0 Å². The zero-order valence-corrected chi connectivity index (χ0v) is 14.0. The second-order valence-corrected chi connectivity index (χ2v) is 6.86. The van der Waals surface area contributed by atoms with Crippen LogP contribution in [0.1, 0.15) is 40.2 Å². The summed E-state index contributed by atoms with van der Waals surface area (Å²) in [6, 6.07) is 3.60. The van der Waals surface area contributed by atoms with Gasteiger partial charge >= 0.3 is 0 Å². The molecule has 2 aliphatic rings. The topological polar surface area (TPSA) is 91.5 Å². The van der Waals surface area contributed by atoms with E-state index in [1.54, 1.807) is 24.5 Å². The second-order valence-electron chi connectivity index (χ2n) is 6.86. The van der Waals surface area contributed by atoms with Crippen molar-refractivity contribution in [3.8, 4) is 0 Å². The van der Waals surface area contributed by atoms with E-state index >= 15 is 0 Å². The maximum atomic E-state index is 12.3. The molecule has 0 saturated carbocycles. The van der Waals surface area contributed by atoms with Crippen molar-refractivity contribution in [2.24, 2.45) is 0 Å². The van der Waals surface area contributed by atoms with Crippen molar-refractivity contribution in [1.29, 1.82) is 0 Å². The molecule has 0 spiro atoms. The third kappa shape index (κ3) is 3.57. The lowest BCUT2D eigenvalue weighted by atomic mass is 9.91. The highest BCUT2D eigenvalue weighted by Gasteiger charge is 2.29. The number of amides is 1. The number of hydrogen-bond acceptors (Lipinski definition) is 6. The van der Waals surface area contributed by atoms with Gasteiger partial charge in [0.1, 0.15) is 11.5 Å². The third-order valence-corrected chi connectivity index (χ3v) is 5.00. The van der Waals surface area contributed by atoms with Gasteiger partial charge in [0.2, 0.25) is 0 Å². The van der Waals surface area contributed by atoms with Gasteiger partial charge in [-0.15, -0.1) is 0 Å². The Balaban J connectivity index is 1.42. The first-order valence-electron chi connectivity index (χ1n) is 8.76. The molecular weight excluding hydrogens is 320 g/mol. The Labute approximate surface area is 146 Å². The fourth-order valence-corrected chi connectivity index (χ4v) is 3.64. The third-order valence-electron chi connectivity index (χ3n) is 5.00. The molecule has 3 heterocycles. The number of likely N-dealkylation sites (tertiary alicyclic amines) is 1. The van der Waals surface area contributed by atoms with E-state index < -0.39 is 0 Å². The molecule has 1 fully saturated rings. The van der Waals surface area contributed by atoms with Gasteiger partial charge in [0.15, 0.2) is 0 Å². The van der Waals surface area contributed by atoms with Crippen LogP contribution < -0.4 is 5.32 Å². The van der Waals surface area contributed by atoms with Crippen LogP contribution in [0.15, 0.2) is 29.0 Å². The molecule has 1 unspecified atom stereocenters. The summed E-state index contributed by atoms with van der Waals surface area (Å²) < 4.78 is 5.50. The van der Waals surface area contributed by atoms with Gasteiger partial charge in [0.25, 0.3) is 5.91 Å². The molecule has 7 heteroatoms. The van der Waals surface area contributed by atoms with Gasteiger partial charge in [-0.25, -0.2) is 0 Å². The van der Waals surface area contributed by atoms with Crippen molar-refractivity contribution in [3.05, 3.63) is 47.1 Å². The minimum absolute atomic E-state index is 0.0718. The lowest BCUT2D eigenvalue weighted by Gasteiger charge is -2.23. The number of nitrogens with one attached hydrogen (secondary N) is 1. The minimum Gasteiger partial charge on any atom is -0.392 e. The molecule has 132 valence electrons. The van der Waals surface area contributed by atoms with E-state index in [4.69, 9.17) is 4.52 Å². The number of carbonyl (C=O) groups excluding carboxylic acids is 1. The van der Waals surface area contributed by atoms with Crippen LogP contribution in [0.4, 0.5) is 0 Å². The number of pyridine rings is 1. The highest BCUT2D eigenvalue weighted by Crippen LogP contribution is 2.26. The minimum atomic E-state index is -0.241. The van der Waals surface area contributed by atoms with Gasteiger partial charge in [0.05, 0.1) is 11.7 Å². The number of aliphatic hydroxyl groups excluding tert-OH is 1. The number of β-amino-alcohol motifs (C(OH)–C–C–N with tert-alkyl or cyclic N) is 1. The average Bonchev–Trinajstić information content (AvgIpc) is 3.22. The van der Waals surface area contributed by atoms with Crippen molar-refractivity contribution < 1.29 is 14.4 Å². The predicted octanol–water partition coefficient (Wildman–Crippen LogP) is 0.923. The Hall–Kier alpha value is -2.25. The van der Waals surface area contributed by atoms with E-state index in [9.17, 15) is 9.90 Å². The van der Waals surface area contributed by atoms with Crippen molar-refractivity contribution in [2.45, 2.75) is 44.4 Å². The van der Waals surface area contributed by atoms with Crippen molar-refractivity contribution >= 4 is 5.91 Å². The standard InChI is InChI=1S/C18H22N4O3/c23-14-5-7-22(10-14)11-16-15-8-13(3-4-17(15)25-21-16)20-18(24)12-2-1-6-19-9-12/h1-2,6,9,13-14,23H,3-5,7-8,10-11H2,(H,20,24)/t13?,14-/m1/s1. The summed E-state index contributed by atoms with van der Waals surface area (Å²) >= 11 is 0. The molecule has 2 atom stereocenters. The Bertz CT molecular complexity index is 746. The first-order valence-corrected chi connectivity index (χ1v) is 8.76. The highest BCUT2D eigenvalue weighted by atomic mass is 16.5. The van der Waals surface area contributed by atoms with Crippen LogP contribution in [0.3, 0.4) is 0 Å². The summed E-state index contributed by atoms with van der Waals surface area (Å²) in [5.74, 6) is 0.837. The normalized spacial score (nSPS) is 23.4. The maximum absolute atomic E-state index is 12.3. The lowest BCUT2D eigenvalue weighted by molar-refractivity contribution is 0.0932. The van der Waals surface area contributed by atoms with Crippen molar-refractivity contribution in [2.75, 3.05) is 13.1 Å². The molecule has 1 aliphatic heterocycles. The summed E-state index contributed by atoms with van der Waals surface area (Å²) in [4.78, 5) is 18.5. The molecule has 1 amide bonds. The quantitative estimate of drug-likeness (QED) is 0.859. The summed E-state index contributed by atoms with van der Waals surface area (Å²) in [6.45, 7) is 2.26. The molecule has 2 aromatic rings. The SMILES string of the molecule is O=C(NC1CCc2onc(CN3CC[C@@H](O)C3)c2C1)c1cccnc1. The molecule has 0 bridgehead atoms. The van der Waals surface area contributed by atoms with E-state index in [1.165, 1.54) is 0 Å². The number of rotatable bonds is 4. The highest BCUT2D eigenvalue weighted by molar-refractivity contribution is 5.94. The van der Waals surface area contributed by atoms with Crippen LogP contribution in [0.2, 0.25) is 0 Å². The van der Waals surface area contributed by atoms with Crippen LogP contribution in [0.5, 0.6) is 0 Å². The summed E-state index contributed by atoms with van der Waals surface area (Å²) in [5, 5.41) is 17.0. The summed E-state index contributed by atoms with van der Waals surface area (Å²) in [6.07, 6.45) is 6.16. The molecule has 0 aromatic carbocycles. The van der Waals surface area contributed by atoms with E-state index in [1.807, 2.05) is 0 Å². The number of fused-ring (bicyclic) bond motifs is 1. The Morgan fingerprint density at radius 1 is 1.44 bits per heavy atom. The molecule has 0 radical (unpaired) electrons. The number of aryl methyl sites for hydroxylation is 1. The Morgan fingerprint density at radius 3 is 3.12 bits per heavy atom. The first kappa shape index (κ1) is 16.2. The monoisotopic (exact) mass is 342 g/mol. The molecule has 25 heavy (non-hydrogen) atoms. The van der Waals surface area contributed by atoms with E-state index in [-0.39, 0.29) is 18.1 Å². The van der Waals surface area contributed by atoms with Gasteiger partial charge in [0, 0.05) is 50.1 Å².